The number of ketones is 1. The minimum Gasteiger partial charge on any atom is -0.497 e. The molecule has 1 aromatic carbocycles. The molecule has 9 nitrogen and oxygen atoms in total. The Hall–Kier alpha value is -3.87. The van der Waals surface area contributed by atoms with Gasteiger partial charge in [-0.25, -0.2) is 9.97 Å². The Morgan fingerprint density at radius 2 is 1.82 bits per heavy atom. The average molecular weight is 481 g/mol. The van der Waals surface area contributed by atoms with Gasteiger partial charge in [-0.05, 0) is 37.3 Å². The molecule has 1 unspecified atom stereocenters. The van der Waals surface area contributed by atoms with E-state index in [0.717, 1.165) is 23.6 Å². The Morgan fingerprint density at radius 3 is 2.33 bits per heavy atom. The van der Waals surface area contributed by atoms with Gasteiger partial charge in [0.15, 0.2) is 5.13 Å². The van der Waals surface area contributed by atoms with Gasteiger partial charge < -0.3 is 25.8 Å². The number of alkyl halides is 3. The Kier molecular flexibility index (Phi) is 6.72. The van der Waals surface area contributed by atoms with E-state index in [-0.39, 0.29) is 21.5 Å². The summed E-state index contributed by atoms with van der Waals surface area (Å²) in [5, 5.41) is 0.127. The summed E-state index contributed by atoms with van der Waals surface area (Å²) in [6, 6.07) is 7.59. The molecule has 0 aliphatic heterocycles. The predicted molar refractivity (Wildman–Crippen MR) is 115 cm³/mol. The molecule has 174 valence electrons. The van der Waals surface area contributed by atoms with E-state index in [0.29, 0.717) is 11.3 Å². The van der Waals surface area contributed by atoms with Crippen LogP contribution in [0.3, 0.4) is 0 Å². The van der Waals surface area contributed by atoms with Gasteiger partial charge in [0.1, 0.15) is 22.5 Å². The summed E-state index contributed by atoms with van der Waals surface area (Å²) in [6.45, 7) is 1.46. The summed E-state index contributed by atoms with van der Waals surface area (Å²) >= 11 is 0.898. The van der Waals surface area contributed by atoms with Crippen LogP contribution in [0.15, 0.2) is 42.6 Å². The monoisotopic (exact) mass is 481 g/mol. The summed E-state index contributed by atoms with van der Waals surface area (Å²) in [6.07, 6.45) is -3.85. The third kappa shape index (κ3) is 5.49. The molecule has 3 rings (SSSR count). The molecular formula is C20H18F3N5O4S. The molecule has 0 radical (unpaired) electrons. The number of rotatable bonds is 8. The fraction of sp³-hybridized carbons (Fsp3) is 0.200. The molecule has 2 aromatic heterocycles. The van der Waals surface area contributed by atoms with Gasteiger partial charge in [-0.15, -0.1) is 13.2 Å². The summed E-state index contributed by atoms with van der Waals surface area (Å²) in [5.41, 5.74) is 11.9. The number of benzene rings is 1. The molecule has 3 aromatic rings. The molecule has 13 heteroatoms. The van der Waals surface area contributed by atoms with Crippen LogP contribution in [0, 0.1) is 0 Å². The van der Waals surface area contributed by atoms with Crippen LogP contribution in [0.25, 0.3) is 0 Å². The van der Waals surface area contributed by atoms with Crippen LogP contribution < -0.4 is 25.8 Å². The van der Waals surface area contributed by atoms with Crippen molar-refractivity contribution in [2.45, 2.75) is 19.3 Å². The van der Waals surface area contributed by atoms with Gasteiger partial charge >= 0.3 is 6.36 Å². The minimum atomic E-state index is -4.91. The molecule has 0 aliphatic rings. The van der Waals surface area contributed by atoms with Crippen molar-refractivity contribution < 1.29 is 32.2 Å². The first-order valence-electron chi connectivity index (χ1n) is 9.25. The van der Waals surface area contributed by atoms with Crippen LogP contribution in [-0.4, -0.2) is 41.2 Å². The van der Waals surface area contributed by atoms with Gasteiger partial charge in [-0.1, -0.05) is 11.3 Å². The maximum absolute atomic E-state index is 12.9. The second-order valence-electron chi connectivity index (χ2n) is 6.62. The lowest BCUT2D eigenvalue weighted by Crippen LogP contribution is -2.40. The fourth-order valence-electron chi connectivity index (χ4n) is 2.78. The van der Waals surface area contributed by atoms with Gasteiger partial charge in [0, 0.05) is 11.6 Å². The normalized spacial score (nSPS) is 12.2. The summed E-state index contributed by atoms with van der Waals surface area (Å²) in [4.78, 5) is 34.1. The van der Waals surface area contributed by atoms with Crippen molar-refractivity contribution in [2.24, 2.45) is 5.73 Å². The number of primary amides is 1. The first-order chi connectivity index (χ1) is 15.5. The van der Waals surface area contributed by atoms with E-state index in [9.17, 15) is 22.8 Å². The smallest absolute Gasteiger partial charge is 0.497 e. The van der Waals surface area contributed by atoms with Crippen LogP contribution in [-0.2, 0) is 4.79 Å². The second kappa shape index (κ2) is 9.32. The van der Waals surface area contributed by atoms with E-state index in [1.165, 1.54) is 25.0 Å². The molecular weight excluding hydrogens is 463 g/mol. The van der Waals surface area contributed by atoms with Crippen LogP contribution in [0.4, 0.5) is 29.8 Å². The number of nitrogens with two attached hydrogens (primary N) is 2. The third-order valence-electron chi connectivity index (χ3n) is 4.42. The zero-order chi connectivity index (χ0) is 24.3. The van der Waals surface area contributed by atoms with Crippen molar-refractivity contribution >= 4 is 39.7 Å². The number of ether oxygens (including phenoxy) is 2. The lowest BCUT2D eigenvalue weighted by molar-refractivity contribution is -0.276. The van der Waals surface area contributed by atoms with Crippen LogP contribution >= 0.6 is 11.3 Å². The van der Waals surface area contributed by atoms with Gasteiger partial charge in [0.05, 0.1) is 19.0 Å². The maximum atomic E-state index is 12.9. The lowest BCUT2D eigenvalue weighted by Gasteiger charge is -2.26. The number of nitrogen functional groups attached to an aromatic ring is 1. The number of carbonyl (C=O) groups is 2. The van der Waals surface area contributed by atoms with Gasteiger partial charge in [-0.2, -0.15) is 0 Å². The standard InChI is InChI=1S/C20H18F3N5O4S/c1-10(18(25)30)28(12-5-8-14(26-9-12)32-20(21,22)23)19-27-17(24)16(33-19)15(29)11-3-6-13(31-2)7-4-11/h3-10H,24H2,1-2H3,(H2,25,30). The number of carbonyl (C=O) groups excluding carboxylic acids is 2. The van der Waals surface area contributed by atoms with Crippen LogP contribution in [0.5, 0.6) is 11.6 Å². The average Bonchev–Trinajstić information content (AvgIpc) is 3.14. The van der Waals surface area contributed by atoms with Crippen molar-refractivity contribution in [1.82, 2.24) is 9.97 Å². The number of hydrogen-bond acceptors (Lipinski definition) is 9. The summed E-state index contributed by atoms with van der Waals surface area (Å²) in [5.74, 6) is -1.36. The largest absolute Gasteiger partial charge is 0.574 e. The van der Waals surface area contributed by atoms with Gasteiger partial charge in [-0.3, -0.25) is 9.59 Å². The summed E-state index contributed by atoms with van der Waals surface area (Å²) in [7, 11) is 1.50. The number of amides is 1. The van der Waals surface area contributed by atoms with Crippen molar-refractivity contribution in [3.05, 3.63) is 53.0 Å². The Balaban J connectivity index is 1.97. The van der Waals surface area contributed by atoms with Crippen LogP contribution in [0.2, 0.25) is 0 Å². The first-order valence-corrected chi connectivity index (χ1v) is 10.1. The quantitative estimate of drug-likeness (QED) is 0.468. The third-order valence-corrected chi connectivity index (χ3v) is 5.49. The highest BCUT2D eigenvalue weighted by Crippen LogP contribution is 2.36. The Labute approximate surface area is 189 Å². The molecule has 0 saturated heterocycles. The Bertz CT molecular complexity index is 1150. The van der Waals surface area contributed by atoms with E-state index in [1.54, 1.807) is 24.3 Å². The minimum absolute atomic E-state index is 0.0810. The molecule has 0 fully saturated rings. The maximum Gasteiger partial charge on any atom is 0.574 e. The second-order valence-corrected chi connectivity index (χ2v) is 7.60. The van der Waals surface area contributed by atoms with E-state index < -0.39 is 30.0 Å². The number of halogens is 3. The zero-order valence-corrected chi connectivity index (χ0v) is 18.1. The fourth-order valence-corrected chi connectivity index (χ4v) is 3.83. The highest BCUT2D eigenvalue weighted by Gasteiger charge is 2.32. The van der Waals surface area contributed by atoms with E-state index in [1.807, 2.05) is 0 Å². The number of thiazole rings is 1. The molecule has 2 heterocycles. The van der Waals surface area contributed by atoms with E-state index in [4.69, 9.17) is 16.2 Å². The topological polar surface area (TPSA) is 134 Å². The highest BCUT2D eigenvalue weighted by molar-refractivity contribution is 7.18. The van der Waals surface area contributed by atoms with Crippen molar-refractivity contribution in [3.8, 4) is 11.6 Å². The molecule has 4 N–H and O–H groups in total. The van der Waals surface area contributed by atoms with Crippen molar-refractivity contribution in [3.63, 3.8) is 0 Å². The summed E-state index contributed by atoms with van der Waals surface area (Å²) < 4.78 is 46.1. The van der Waals surface area contributed by atoms with Gasteiger partial charge in [0.2, 0.25) is 17.6 Å². The molecule has 0 spiro atoms. The van der Waals surface area contributed by atoms with Gasteiger partial charge in [0.25, 0.3) is 0 Å². The first kappa shape index (κ1) is 23.8. The molecule has 1 amide bonds. The number of nitrogens with zero attached hydrogens (tertiary/aromatic N) is 3. The van der Waals surface area contributed by atoms with Crippen LogP contribution in [0.1, 0.15) is 22.2 Å². The molecule has 0 saturated carbocycles. The number of anilines is 3. The van der Waals surface area contributed by atoms with E-state index in [2.05, 4.69) is 14.7 Å². The highest BCUT2D eigenvalue weighted by atomic mass is 32.1. The van der Waals surface area contributed by atoms with Crippen molar-refractivity contribution in [1.29, 1.82) is 0 Å². The number of aromatic nitrogens is 2. The van der Waals surface area contributed by atoms with E-state index >= 15 is 0 Å². The molecule has 0 aliphatic carbocycles. The molecule has 0 bridgehead atoms. The number of methoxy groups -OCH3 is 1. The van der Waals surface area contributed by atoms with Crippen molar-refractivity contribution in [2.75, 3.05) is 17.7 Å². The predicted octanol–water partition coefficient (Wildman–Crippen LogP) is 3.27. The SMILES string of the molecule is COc1ccc(C(=O)c2sc(N(c3ccc(OC(F)(F)F)nc3)C(C)C(N)=O)nc2N)cc1. The lowest BCUT2D eigenvalue weighted by atomic mass is 10.1. The number of pyridine rings is 1. The number of hydrogen-bond donors (Lipinski definition) is 2. The molecule has 1 atom stereocenters. The Morgan fingerprint density at radius 1 is 1.15 bits per heavy atom. The molecule has 33 heavy (non-hydrogen) atoms. The zero-order valence-electron chi connectivity index (χ0n) is 17.3.